The van der Waals surface area contributed by atoms with Crippen molar-refractivity contribution < 1.29 is 9.50 Å². The number of aliphatic hydroxyl groups excluding tert-OH is 1. The van der Waals surface area contributed by atoms with Gasteiger partial charge in [-0.2, -0.15) is 11.8 Å². The zero-order valence-corrected chi connectivity index (χ0v) is 9.04. The first-order valence-corrected chi connectivity index (χ1v) is 5.95. The molecule has 14 heavy (non-hydrogen) atoms. The van der Waals surface area contributed by atoms with Crippen molar-refractivity contribution in [2.24, 2.45) is 0 Å². The molecule has 0 bridgehead atoms. The summed E-state index contributed by atoms with van der Waals surface area (Å²) in [6, 6.07) is 2.97. The fourth-order valence-corrected chi connectivity index (χ4v) is 2.85. The molecule has 0 spiro atoms. The third-order valence-corrected chi connectivity index (χ3v) is 3.57. The van der Waals surface area contributed by atoms with Crippen molar-refractivity contribution in [3.05, 3.63) is 34.1 Å². The van der Waals surface area contributed by atoms with Crippen LogP contribution in [0.4, 0.5) is 4.39 Å². The second-order valence-electron chi connectivity index (χ2n) is 3.31. The molecule has 1 aliphatic rings. The van der Waals surface area contributed by atoms with Crippen LogP contribution < -0.4 is 0 Å². The van der Waals surface area contributed by atoms with Gasteiger partial charge in [0.25, 0.3) is 0 Å². The molecule has 0 aliphatic carbocycles. The normalized spacial score (nSPS) is 21.5. The summed E-state index contributed by atoms with van der Waals surface area (Å²) in [5.74, 6) is 1.17. The highest BCUT2D eigenvalue weighted by Gasteiger charge is 2.20. The van der Waals surface area contributed by atoms with Gasteiger partial charge in [0, 0.05) is 16.3 Å². The SMILES string of the molecule is O[C@@H]1CCSCc2c(F)cc(Cl)cc21. The summed E-state index contributed by atoms with van der Waals surface area (Å²) in [6.45, 7) is 0. The van der Waals surface area contributed by atoms with Crippen molar-refractivity contribution in [3.63, 3.8) is 0 Å². The second kappa shape index (κ2) is 4.09. The van der Waals surface area contributed by atoms with Crippen LogP contribution in [0.2, 0.25) is 5.02 Å². The van der Waals surface area contributed by atoms with Gasteiger partial charge in [0.15, 0.2) is 0 Å². The molecule has 1 aromatic carbocycles. The molecule has 0 radical (unpaired) electrons. The van der Waals surface area contributed by atoms with Crippen LogP contribution in [0.25, 0.3) is 0 Å². The lowest BCUT2D eigenvalue weighted by molar-refractivity contribution is 0.174. The average molecular weight is 233 g/mol. The number of aliphatic hydroxyl groups is 1. The van der Waals surface area contributed by atoms with Gasteiger partial charge < -0.3 is 5.11 Å². The summed E-state index contributed by atoms with van der Waals surface area (Å²) < 4.78 is 13.5. The summed E-state index contributed by atoms with van der Waals surface area (Å²) >= 11 is 7.38. The Morgan fingerprint density at radius 1 is 1.50 bits per heavy atom. The molecule has 1 aliphatic heterocycles. The molecule has 0 unspecified atom stereocenters. The summed E-state index contributed by atoms with van der Waals surface area (Å²) in [7, 11) is 0. The number of benzene rings is 1. The molecule has 1 aromatic rings. The van der Waals surface area contributed by atoms with Crippen molar-refractivity contribution in [3.8, 4) is 0 Å². The average Bonchev–Trinajstić information content (AvgIpc) is 2.29. The van der Waals surface area contributed by atoms with Crippen molar-refractivity contribution >= 4 is 23.4 Å². The van der Waals surface area contributed by atoms with E-state index in [1.807, 2.05) is 0 Å². The minimum absolute atomic E-state index is 0.305. The molecule has 1 atom stereocenters. The van der Waals surface area contributed by atoms with Crippen molar-refractivity contribution in [1.82, 2.24) is 0 Å². The van der Waals surface area contributed by atoms with Gasteiger partial charge in [0.1, 0.15) is 5.82 Å². The van der Waals surface area contributed by atoms with Crippen molar-refractivity contribution in [1.29, 1.82) is 0 Å². The quantitative estimate of drug-likeness (QED) is 0.742. The van der Waals surface area contributed by atoms with Gasteiger partial charge in [-0.25, -0.2) is 4.39 Å². The summed E-state index contributed by atoms with van der Waals surface area (Å²) in [5.41, 5.74) is 1.25. The molecule has 0 amide bonds. The van der Waals surface area contributed by atoms with Gasteiger partial charge in [0.2, 0.25) is 0 Å². The third kappa shape index (κ3) is 1.90. The Hall–Kier alpha value is -0.250. The Bertz CT molecular complexity index is 356. The lowest BCUT2D eigenvalue weighted by Gasteiger charge is -2.12. The predicted octanol–water partition coefficient (Wildman–Crippen LogP) is 3.15. The highest BCUT2D eigenvalue weighted by atomic mass is 35.5. The number of halogens is 2. The number of thioether (sulfide) groups is 1. The largest absolute Gasteiger partial charge is 0.388 e. The van der Waals surface area contributed by atoms with Crippen LogP contribution in [-0.4, -0.2) is 10.9 Å². The number of rotatable bonds is 0. The lowest BCUT2D eigenvalue weighted by Crippen LogP contribution is -2.01. The molecule has 76 valence electrons. The topological polar surface area (TPSA) is 20.2 Å². The van der Waals surface area contributed by atoms with Crippen molar-refractivity contribution in [2.75, 3.05) is 5.75 Å². The summed E-state index contributed by atoms with van der Waals surface area (Å²) in [4.78, 5) is 0. The van der Waals surface area contributed by atoms with E-state index in [0.717, 1.165) is 5.75 Å². The van der Waals surface area contributed by atoms with E-state index in [-0.39, 0.29) is 5.82 Å². The maximum absolute atomic E-state index is 13.5. The van der Waals surface area contributed by atoms with E-state index in [0.29, 0.717) is 28.3 Å². The molecule has 1 N–H and O–H groups in total. The van der Waals surface area contributed by atoms with Gasteiger partial charge in [0.05, 0.1) is 6.10 Å². The van der Waals surface area contributed by atoms with Gasteiger partial charge in [-0.15, -0.1) is 0 Å². The molecule has 0 aromatic heterocycles. The highest BCUT2D eigenvalue weighted by Crippen LogP contribution is 2.33. The molecule has 2 rings (SSSR count). The van der Waals surface area contributed by atoms with E-state index in [2.05, 4.69) is 0 Å². The second-order valence-corrected chi connectivity index (χ2v) is 4.85. The minimum atomic E-state index is -0.576. The molecule has 0 saturated heterocycles. The smallest absolute Gasteiger partial charge is 0.129 e. The fourth-order valence-electron chi connectivity index (χ4n) is 1.60. The van der Waals surface area contributed by atoms with Crippen LogP contribution in [0.1, 0.15) is 23.7 Å². The highest BCUT2D eigenvalue weighted by molar-refractivity contribution is 7.98. The summed E-state index contributed by atoms with van der Waals surface area (Å²) in [5, 5.41) is 10.1. The minimum Gasteiger partial charge on any atom is -0.388 e. The maximum Gasteiger partial charge on any atom is 0.129 e. The van der Waals surface area contributed by atoms with Gasteiger partial charge >= 0.3 is 0 Å². The van der Waals surface area contributed by atoms with E-state index in [4.69, 9.17) is 11.6 Å². The molecule has 4 heteroatoms. The summed E-state index contributed by atoms with van der Waals surface area (Å²) in [6.07, 6.45) is 0.0884. The number of hydrogen-bond acceptors (Lipinski definition) is 2. The van der Waals surface area contributed by atoms with Gasteiger partial charge in [-0.1, -0.05) is 11.6 Å². The zero-order chi connectivity index (χ0) is 10.1. The molecular formula is C10H10ClFOS. The first-order chi connectivity index (χ1) is 6.68. The molecule has 1 heterocycles. The van der Waals surface area contributed by atoms with E-state index in [1.165, 1.54) is 6.07 Å². The predicted molar refractivity (Wildman–Crippen MR) is 57.1 cm³/mol. The van der Waals surface area contributed by atoms with Crippen LogP contribution >= 0.6 is 23.4 Å². The van der Waals surface area contributed by atoms with Gasteiger partial charge in [-0.05, 0) is 29.9 Å². The Morgan fingerprint density at radius 2 is 2.29 bits per heavy atom. The van der Waals surface area contributed by atoms with Crippen LogP contribution in [0.3, 0.4) is 0 Å². The van der Waals surface area contributed by atoms with Crippen LogP contribution in [0, 0.1) is 5.82 Å². The van der Waals surface area contributed by atoms with E-state index in [9.17, 15) is 9.50 Å². The van der Waals surface area contributed by atoms with Crippen LogP contribution in [-0.2, 0) is 5.75 Å². The first kappa shape index (κ1) is 10.3. The van der Waals surface area contributed by atoms with Crippen molar-refractivity contribution in [2.45, 2.75) is 18.3 Å². The Balaban J connectivity index is 2.53. The van der Waals surface area contributed by atoms with E-state index in [1.54, 1.807) is 17.8 Å². The Morgan fingerprint density at radius 3 is 3.07 bits per heavy atom. The Kier molecular flexibility index (Phi) is 3.00. The Labute approximate surface area is 91.3 Å². The first-order valence-electron chi connectivity index (χ1n) is 4.42. The number of hydrogen-bond donors (Lipinski definition) is 1. The maximum atomic E-state index is 13.5. The van der Waals surface area contributed by atoms with E-state index < -0.39 is 6.10 Å². The van der Waals surface area contributed by atoms with Crippen LogP contribution in [0.15, 0.2) is 12.1 Å². The lowest BCUT2D eigenvalue weighted by atomic mass is 10.0. The monoisotopic (exact) mass is 232 g/mol. The van der Waals surface area contributed by atoms with E-state index >= 15 is 0 Å². The van der Waals surface area contributed by atoms with Gasteiger partial charge in [-0.3, -0.25) is 0 Å². The molecule has 1 nitrogen and oxygen atoms in total. The molecule has 0 fully saturated rings. The molecular weight excluding hydrogens is 223 g/mol. The zero-order valence-electron chi connectivity index (χ0n) is 7.46. The fraction of sp³-hybridized carbons (Fsp3) is 0.400. The van der Waals surface area contributed by atoms with Crippen LogP contribution in [0.5, 0.6) is 0 Å². The third-order valence-electron chi connectivity index (χ3n) is 2.34. The number of fused-ring (bicyclic) bond motifs is 1. The standard InChI is InChI=1S/C10H10ClFOS/c11-6-3-7-8(9(12)4-6)5-14-2-1-10(7)13/h3-4,10,13H,1-2,5H2/t10-/m1/s1. The molecule has 0 saturated carbocycles.